The Bertz CT molecular complexity index is 79.1. The van der Waals surface area contributed by atoms with Crippen LogP contribution < -0.4 is 0 Å². The van der Waals surface area contributed by atoms with Crippen LogP contribution in [0.3, 0.4) is 0 Å². The molecule has 2 nitrogen and oxygen atoms in total. The fraction of sp³-hybridized carbons (Fsp3) is 1.00. The molecule has 54 valence electrons. The van der Waals surface area contributed by atoms with Crippen molar-refractivity contribution in [2.45, 2.75) is 6.42 Å². The lowest BCUT2D eigenvalue weighted by Crippen LogP contribution is -2.12. The van der Waals surface area contributed by atoms with Gasteiger partial charge in [-0.2, -0.15) is 0 Å². The summed E-state index contributed by atoms with van der Waals surface area (Å²) in [5, 5.41) is 8.74. The summed E-state index contributed by atoms with van der Waals surface area (Å²) in [4.78, 5) is 0. The first kappa shape index (κ1) is 7.38. The fourth-order valence-corrected chi connectivity index (χ4v) is 1.76. The third-order valence-electron chi connectivity index (χ3n) is 1.76. The Morgan fingerprint density at radius 2 is 2.56 bits per heavy atom. The maximum atomic E-state index is 8.74. The van der Waals surface area contributed by atoms with E-state index in [9.17, 15) is 0 Å². The van der Waals surface area contributed by atoms with Crippen molar-refractivity contribution in [2.75, 3.05) is 26.0 Å². The van der Waals surface area contributed by atoms with Crippen LogP contribution in [0.5, 0.6) is 0 Å². The zero-order chi connectivity index (χ0) is 6.69. The van der Waals surface area contributed by atoms with E-state index in [1.54, 1.807) is 11.9 Å². The fourth-order valence-electron chi connectivity index (χ4n) is 1.11. The highest BCUT2D eigenvalue weighted by Crippen LogP contribution is 2.20. The predicted molar refractivity (Wildman–Crippen MR) is 40.3 cm³/mol. The zero-order valence-electron chi connectivity index (χ0n) is 5.71. The van der Waals surface area contributed by atoms with Gasteiger partial charge in [0.05, 0.1) is 0 Å². The smallest absolute Gasteiger partial charge is 0.0472 e. The molecule has 0 radical (unpaired) electrons. The van der Waals surface area contributed by atoms with Crippen LogP contribution in [0.15, 0.2) is 0 Å². The second kappa shape index (κ2) is 3.44. The summed E-state index contributed by atoms with van der Waals surface area (Å²) in [6.07, 6.45) is 3.25. The molecule has 3 heteroatoms. The summed E-state index contributed by atoms with van der Waals surface area (Å²) in [7, 11) is 0. The maximum absolute atomic E-state index is 8.74. The van der Waals surface area contributed by atoms with Crippen LogP contribution >= 0.6 is 11.9 Å². The molecule has 0 amide bonds. The maximum Gasteiger partial charge on any atom is 0.0472 e. The molecule has 1 rings (SSSR count). The topological polar surface area (TPSA) is 23.5 Å². The average Bonchev–Trinajstić information content (AvgIpc) is 2.34. The van der Waals surface area contributed by atoms with Crippen molar-refractivity contribution < 1.29 is 5.11 Å². The molecule has 1 fully saturated rings. The second-order valence-electron chi connectivity index (χ2n) is 2.41. The normalized spacial score (nSPS) is 29.3. The number of hydrogen-bond acceptors (Lipinski definition) is 3. The second-order valence-corrected chi connectivity index (χ2v) is 3.29. The minimum absolute atomic E-state index is 0.358. The van der Waals surface area contributed by atoms with E-state index in [2.05, 4.69) is 10.6 Å². The van der Waals surface area contributed by atoms with E-state index < -0.39 is 0 Å². The van der Waals surface area contributed by atoms with Gasteiger partial charge in [-0.05, 0) is 18.6 Å². The van der Waals surface area contributed by atoms with Crippen LogP contribution in [0.4, 0.5) is 0 Å². The summed E-state index contributed by atoms with van der Waals surface area (Å²) in [5.41, 5.74) is 0. The highest BCUT2D eigenvalue weighted by atomic mass is 32.2. The summed E-state index contributed by atoms with van der Waals surface area (Å²) in [5.74, 6) is 0.539. The molecule has 0 saturated carbocycles. The first-order valence-corrected chi connectivity index (χ1v) is 4.45. The van der Waals surface area contributed by atoms with Gasteiger partial charge in [0.1, 0.15) is 0 Å². The SMILES string of the molecule is CSN1CCC(CO)C1. The van der Waals surface area contributed by atoms with Crippen molar-refractivity contribution in [3.63, 3.8) is 0 Å². The van der Waals surface area contributed by atoms with E-state index in [0.717, 1.165) is 19.5 Å². The van der Waals surface area contributed by atoms with Crippen LogP contribution in [0.2, 0.25) is 0 Å². The Morgan fingerprint density at radius 3 is 2.89 bits per heavy atom. The lowest BCUT2D eigenvalue weighted by Gasteiger charge is -2.09. The van der Waals surface area contributed by atoms with Gasteiger partial charge in [-0.1, -0.05) is 11.9 Å². The van der Waals surface area contributed by atoms with Crippen LogP contribution in [-0.2, 0) is 0 Å². The Kier molecular flexibility index (Phi) is 2.82. The van der Waals surface area contributed by atoms with Crippen molar-refractivity contribution in [2.24, 2.45) is 5.92 Å². The average molecular weight is 147 g/mol. The van der Waals surface area contributed by atoms with E-state index in [1.165, 1.54) is 0 Å². The molecule has 0 aromatic rings. The molecule has 9 heavy (non-hydrogen) atoms. The summed E-state index contributed by atoms with van der Waals surface area (Å²) in [6.45, 7) is 2.57. The summed E-state index contributed by atoms with van der Waals surface area (Å²) in [6, 6.07) is 0. The number of nitrogens with zero attached hydrogens (tertiary/aromatic N) is 1. The number of hydrogen-bond donors (Lipinski definition) is 1. The first-order chi connectivity index (χ1) is 4.36. The third-order valence-corrected chi connectivity index (χ3v) is 2.61. The summed E-state index contributed by atoms with van der Waals surface area (Å²) < 4.78 is 2.29. The molecular weight excluding hydrogens is 134 g/mol. The molecule has 1 heterocycles. The quantitative estimate of drug-likeness (QED) is 0.578. The van der Waals surface area contributed by atoms with Crippen LogP contribution in [0, 0.1) is 5.92 Å². The van der Waals surface area contributed by atoms with Gasteiger partial charge in [0.25, 0.3) is 0 Å². The Hall–Kier alpha value is 0.270. The van der Waals surface area contributed by atoms with Crippen molar-refractivity contribution in [1.29, 1.82) is 0 Å². The van der Waals surface area contributed by atoms with Gasteiger partial charge < -0.3 is 5.11 Å². The van der Waals surface area contributed by atoms with E-state index in [0.29, 0.717) is 12.5 Å². The molecule has 0 bridgehead atoms. The van der Waals surface area contributed by atoms with Crippen molar-refractivity contribution in [3.8, 4) is 0 Å². The number of aliphatic hydroxyl groups is 1. The molecule has 1 saturated heterocycles. The number of rotatable bonds is 2. The van der Waals surface area contributed by atoms with Crippen molar-refractivity contribution in [1.82, 2.24) is 4.31 Å². The zero-order valence-corrected chi connectivity index (χ0v) is 6.52. The van der Waals surface area contributed by atoms with Crippen molar-refractivity contribution in [3.05, 3.63) is 0 Å². The molecular formula is C6H13NOS. The van der Waals surface area contributed by atoms with Gasteiger partial charge in [0, 0.05) is 19.7 Å². The van der Waals surface area contributed by atoms with Gasteiger partial charge in [0.2, 0.25) is 0 Å². The Balaban J connectivity index is 2.20. The van der Waals surface area contributed by atoms with Crippen LogP contribution in [0.1, 0.15) is 6.42 Å². The molecule has 1 N–H and O–H groups in total. The highest BCUT2D eigenvalue weighted by Gasteiger charge is 2.20. The molecule has 0 aromatic heterocycles. The molecule has 0 aromatic carbocycles. The Morgan fingerprint density at radius 1 is 1.78 bits per heavy atom. The standard InChI is InChI=1S/C6H13NOS/c1-9-7-3-2-6(4-7)5-8/h6,8H,2-5H2,1H3. The van der Waals surface area contributed by atoms with Crippen LogP contribution in [-0.4, -0.2) is 35.4 Å². The molecule has 1 atom stereocenters. The van der Waals surface area contributed by atoms with Gasteiger partial charge in [0.15, 0.2) is 0 Å². The minimum atomic E-state index is 0.358. The van der Waals surface area contributed by atoms with Gasteiger partial charge in [-0.15, -0.1) is 0 Å². The first-order valence-electron chi connectivity index (χ1n) is 3.26. The van der Waals surface area contributed by atoms with Crippen molar-refractivity contribution >= 4 is 11.9 Å². The number of aliphatic hydroxyl groups excluding tert-OH is 1. The molecule has 1 aliphatic heterocycles. The van der Waals surface area contributed by atoms with Gasteiger partial charge >= 0.3 is 0 Å². The lowest BCUT2D eigenvalue weighted by atomic mass is 10.1. The minimum Gasteiger partial charge on any atom is -0.396 e. The van der Waals surface area contributed by atoms with Gasteiger partial charge in [-0.3, -0.25) is 4.31 Å². The molecule has 1 unspecified atom stereocenters. The van der Waals surface area contributed by atoms with Crippen LogP contribution in [0.25, 0.3) is 0 Å². The third kappa shape index (κ3) is 1.85. The monoisotopic (exact) mass is 147 g/mol. The highest BCUT2D eigenvalue weighted by molar-refractivity contribution is 7.96. The van der Waals surface area contributed by atoms with Gasteiger partial charge in [-0.25, -0.2) is 0 Å². The molecule has 1 aliphatic rings. The van der Waals surface area contributed by atoms with E-state index in [4.69, 9.17) is 5.11 Å². The van der Waals surface area contributed by atoms with E-state index >= 15 is 0 Å². The Labute approximate surface area is 60.4 Å². The van der Waals surface area contributed by atoms with E-state index in [-0.39, 0.29) is 0 Å². The molecule has 0 spiro atoms. The van der Waals surface area contributed by atoms with E-state index in [1.807, 2.05) is 0 Å². The largest absolute Gasteiger partial charge is 0.396 e. The summed E-state index contributed by atoms with van der Waals surface area (Å²) >= 11 is 1.77. The predicted octanol–water partition coefficient (Wildman–Crippen LogP) is 0.579. The molecule has 0 aliphatic carbocycles. The lowest BCUT2D eigenvalue weighted by molar-refractivity contribution is 0.234.